The first kappa shape index (κ1) is 14.9. The minimum atomic E-state index is -3.37. The van der Waals surface area contributed by atoms with Crippen molar-refractivity contribution in [3.63, 3.8) is 0 Å². The maximum Gasteiger partial charge on any atom is 0.243 e. The summed E-state index contributed by atoms with van der Waals surface area (Å²) in [5.41, 5.74) is 0.823. The van der Waals surface area contributed by atoms with Crippen LogP contribution in [0.4, 0.5) is 0 Å². The molecule has 0 atom stereocenters. The molecule has 0 amide bonds. The van der Waals surface area contributed by atoms with Crippen molar-refractivity contribution >= 4 is 16.1 Å². The zero-order valence-corrected chi connectivity index (χ0v) is 11.9. The average Bonchev–Trinajstić information content (AvgIpc) is 2.38. The van der Waals surface area contributed by atoms with Crippen molar-refractivity contribution in [3.8, 4) is 0 Å². The van der Waals surface area contributed by atoms with Gasteiger partial charge in [-0.2, -0.15) is 4.31 Å². The lowest BCUT2D eigenvalue weighted by Gasteiger charge is -2.21. The largest absolute Gasteiger partial charge is 0.243 e. The van der Waals surface area contributed by atoms with Gasteiger partial charge in [-0.3, -0.25) is 0 Å². The maximum atomic E-state index is 12.5. The Kier molecular flexibility index (Phi) is 5.56. The van der Waals surface area contributed by atoms with E-state index in [1.54, 1.807) is 28.6 Å². The maximum absolute atomic E-state index is 12.5. The molecule has 1 aromatic rings. The SMILES string of the molecule is C=Cc1cccc(S(=O)(=O)N(CCC)CCC)c1. The molecule has 1 rings (SSSR count). The van der Waals surface area contributed by atoms with Crippen LogP contribution in [0.1, 0.15) is 32.3 Å². The van der Waals surface area contributed by atoms with Crippen LogP contribution in [0.3, 0.4) is 0 Å². The first-order valence-electron chi connectivity index (χ1n) is 6.28. The molecular weight excluding hydrogens is 246 g/mol. The molecule has 4 heteroatoms. The van der Waals surface area contributed by atoms with Gasteiger partial charge in [0.1, 0.15) is 0 Å². The van der Waals surface area contributed by atoms with E-state index in [4.69, 9.17) is 0 Å². The zero-order chi connectivity index (χ0) is 13.6. The normalized spacial score (nSPS) is 11.7. The van der Waals surface area contributed by atoms with Gasteiger partial charge in [-0.05, 0) is 30.5 Å². The third-order valence-electron chi connectivity index (χ3n) is 2.68. The number of rotatable bonds is 7. The first-order chi connectivity index (χ1) is 8.56. The fraction of sp³-hybridized carbons (Fsp3) is 0.429. The average molecular weight is 267 g/mol. The van der Waals surface area contributed by atoms with E-state index in [9.17, 15) is 8.42 Å². The Hall–Kier alpha value is -1.13. The van der Waals surface area contributed by atoms with Gasteiger partial charge in [0.15, 0.2) is 0 Å². The Morgan fingerprint density at radius 3 is 2.33 bits per heavy atom. The predicted octanol–water partition coefficient (Wildman–Crippen LogP) is 3.14. The molecule has 0 heterocycles. The summed E-state index contributed by atoms with van der Waals surface area (Å²) in [5, 5.41) is 0. The second kappa shape index (κ2) is 6.71. The van der Waals surface area contributed by atoms with Gasteiger partial charge in [0, 0.05) is 13.1 Å². The third-order valence-corrected chi connectivity index (χ3v) is 4.57. The molecule has 0 N–H and O–H groups in total. The summed E-state index contributed by atoms with van der Waals surface area (Å²) in [5.74, 6) is 0. The van der Waals surface area contributed by atoms with Crippen molar-refractivity contribution in [3.05, 3.63) is 36.4 Å². The molecular formula is C14H21NO2S. The summed E-state index contributed by atoms with van der Waals surface area (Å²) < 4.78 is 26.5. The van der Waals surface area contributed by atoms with Gasteiger partial charge in [-0.1, -0.05) is 38.6 Å². The van der Waals surface area contributed by atoms with Crippen molar-refractivity contribution in [2.75, 3.05) is 13.1 Å². The summed E-state index contributed by atoms with van der Waals surface area (Å²) in [6, 6.07) is 6.90. The van der Waals surface area contributed by atoms with Crippen LogP contribution in [-0.2, 0) is 10.0 Å². The minimum absolute atomic E-state index is 0.349. The standard InChI is InChI=1S/C14H21NO2S/c1-4-10-15(11-5-2)18(16,17)14-9-7-8-13(6-3)12-14/h6-9,12H,3-5,10-11H2,1-2H3. The molecule has 0 saturated heterocycles. The summed E-state index contributed by atoms with van der Waals surface area (Å²) in [7, 11) is -3.37. The second-order valence-electron chi connectivity index (χ2n) is 4.18. The van der Waals surface area contributed by atoms with Gasteiger partial charge in [0.05, 0.1) is 4.90 Å². The van der Waals surface area contributed by atoms with E-state index in [0.29, 0.717) is 18.0 Å². The minimum Gasteiger partial charge on any atom is -0.207 e. The molecule has 0 aliphatic rings. The molecule has 0 unspecified atom stereocenters. The summed E-state index contributed by atoms with van der Waals surface area (Å²) in [4.78, 5) is 0.349. The molecule has 3 nitrogen and oxygen atoms in total. The second-order valence-corrected chi connectivity index (χ2v) is 6.12. The van der Waals surface area contributed by atoms with Crippen LogP contribution in [-0.4, -0.2) is 25.8 Å². The fourth-order valence-corrected chi connectivity index (χ4v) is 3.48. The van der Waals surface area contributed by atoms with Crippen LogP contribution in [0.2, 0.25) is 0 Å². The summed E-state index contributed by atoms with van der Waals surface area (Å²) in [6.45, 7) is 8.76. The van der Waals surface area contributed by atoms with Gasteiger partial charge in [0.25, 0.3) is 0 Å². The van der Waals surface area contributed by atoms with E-state index in [0.717, 1.165) is 18.4 Å². The van der Waals surface area contributed by atoms with E-state index >= 15 is 0 Å². The van der Waals surface area contributed by atoms with Crippen LogP contribution in [0.25, 0.3) is 6.08 Å². The Morgan fingerprint density at radius 1 is 1.22 bits per heavy atom. The molecule has 18 heavy (non-hydrogen) atoms. The zero-order valence-electron chi connectivity index (χ0n) is 11.1. The van der Waals surface area contributed by atoms with Crippen LogP contribution < -0.4 is 0 Å². The molecule has 0 bridgehead atoms. The number of nitrogens with zero attached hydrogens (tertiary/aromatic N) is 1. The molecule has 0 aliphatic carbocycles. The molecule has 0 aliphatic heterocycles. The van der Waals surface area contributed by atoms with Gasteiger partial charge in [-0.25, -0.2) is 8.42 Å². The smallest absolute Gasteiger partial charge is 0.207 e. The van der Waals surface area contributed by atoms with Gasteiger partial charge in [0.2, 0.25) is 10.0 Å². The van der Waals surface area contributed by atoms with Gasteiger partial charge < -0.3 is 0 Å². The molecule has 0 spiro atoms. The predicted molar refractivity (Wildman–Crippen MR) is 75.9 cm³/mol. The van der Waals surface area contributed by atoms with Crippen LogP contribution >= 0.6 is 0 Å². The number of sulfonamides is 1. The fourth-order valence-electron chi connectivity index (χ4n) is 1.80. The Labute approximate surface area is 110 Å². The lowest BCUT2D eigenvalue weighted by atomic mass is 10.2. The lowest BCUT2D eigenvalue weighted by molar-refractivity contribution is 0.410. The van der Waals surface area contributed by atoms with Crippen molar-refractivity contribution in [2.24, 2.45) is 0 Å². The summed E-state index contributed by atoms with van der Waals surface area (Å²) >= 11 is 0. The van der Waals surface area contributed by atoms with E-state index in [1.165, 1.54) is 0 Å². The molecule has 0 fully saturated rings. The molecule has 100 valence electrons. The number of benzene rings is 1. The number of hydrogen-bond donors (Lipinski definition) is 0. The van der Waals surface area contributed by atoms with E-state index in [2.05, 4.69) is 6.58 Å². The van der Waals surface area contributed by atoms with Crippen molar-refractivity contribution in [1.82, 2.24) is 4.31 Å². The van der Waals surface area contributed by atoms with Crippen molar-refractivity contribution < 1.29 is 8.42 Å². The topological polar surface area (TPSA) is 37.4 Å². The highest BCUT2D eigenvalue weighted by molar-refractivity contribution is 7.89. The van der Waals surface area contributed by atoms with Crippen molar-refractivity contribution in [2.45, 2.75) is 31.6 Å². The van der Waals surface area contributed by atoms with Gasteiger partial charge >= 0.3 is 0 Å². The molecule has 0 radical (unpaired) electrons. The van der Waals surface area contributed by atoms with E-state index in [-0.39, 0.29) is 0 Å². The van der Waals surface area contributed by atoms with Crippen molar-refractivity contribution in [1.29, 1.82) is 0 Å². The third kappa shape index (κ3) is 3.43. The quantitative estimate of drug-likeness (QED) is 0.761. The molecule has 1 aromatic carbocycles. The Balaban J connectivity index is 3.12. The Bertz CT molecular complexity index is 488. The highest BCUT2D eigenvalue weighted by Crippen LogP contribution is 2.18. The summed E-state index contributed by atoms with van der Waals surface area (Å²) in [6.07, 6.45) is 3.30. The van der Waals surface area contributed by atoms with Crippen LogP contribution in [0.5, 0.6) is 0 Å². The number of hydrogen-bond acceptors (Lipinski definition) is 2. The molecule has 0 saturated carbocycles. The first-order valence-corrected chi connectivity index (χ1v) is 7.73. The van der Waals surface area contributed by atoms with Gasteiger partial charge in [-0.15, -0.1) is 0 Å². The van der Waals surface area contributed by atoms with Crippen LogP contribution in [0.15, 0.2) is 35.7 Å². The monoisotopic (exact) mass is 267 g/mol. The molecule has 0 aromatic heterocycles. The lowest BCUT2D eigenvalue weighted by Crippen LogP contribution is -2.32. The van der Waals surface area contributed by atoms with E-state index in [1.807, 2.05) is 19.9 Å². The van der Waals surface area contributed by atoms with Crippen LogP contribution in [0, 0.1) is 0 Å². The Morgan fingerprint density at radius 2 is 1.83 bits per heavy atom. The van der Waals surface area contributed by atoms with E-state index < -0.39 is 10.0 Å². The highest BCUT2D eigenvalue weighted by atomic mass is 32.2. The highest BCUT2D eigenvalue weighted by Gasteiger charge is 2.22.